The van der Waals surface area contributed by atoms with Crippen LogP contribution in [-0.4, -0.2) is 14.8 Å². The van der Waals surface area contributed by atoms with Crippen LogP contribution in [0.3, 0.4) is 0 Å². The number of rotatable bonds is 1. The van der Waals surface area contributed by atoms with Crippen molar-refractivity contribution in [2.24, 2.45) is 0 Å². The minimum absolute atomic E-state index is 0.105. The molecule has 1 nitrogen and oxygen atoms in total. The third kappa shape index (κ3) is 2.98. The van der Waals surface area contributed by atoms with Crippen molar-refractivity contribution in [2.75, 3.05) is 9.86 Å². The first-order valence-electron chi connectivity index (χ1n) is 3.55. The molecule has 1 aromatic heterocycles. The Kier molecular flexibility index (Phi) is 3.63. The molecule has 0 fully saturated rings. The summed E-state index contributed by atoms with van der Waals surface area (Å²) in [4.78, 5) is 7.40. The summed E-state index contributed by atoms with van der Waals surface area (Å²) in [5.74, 6) is 0. The predicted molar refractivity (Wildman–Crippen MR) is 58.8 cm³/mol. The molecule has 0 unspecified atom stereocenters. The Morgan fingerprint density at radius 1 is 1.29 bits per heavy atom. The van der Waals surface area contributed by atoms with Crippen LogP contribution in [0.2, 0.25) is 5.02 Å². The fourth-order valence-corrected chi connectivity index (χ4v) is 2.90. The van der Waals surface area contributed by atoms with Crippen LogP contribution in [0.1, 0.15) is 5.69 Å². The van der Waals surface area contributed by atoms with Gasteiger partial charge in [-0.1, -0.05) is 0 Å². The van der Waals surface area contributed by atoms with Gasteiger partial charge in [0.25, 0.3) is 0 Å². The van der Waals surface area contributed by atoms with E-state index in [2.05, 4.69) is 4.98 Å². The molecule has 6 heteroatoms. The third-order valence-electron chi connectivity index (χ3n) is 1.44. The summed E-state index contributed by atoms with van der Waals surface area (Å²) in [6, 6.07) is 2.37. The molecule has 0 spiro atoms. The molecule has 0 aromatic carbocycles. The first-order chi connectivity index (χ1) is 6.30. The van der Waals surface area contributed by atoms with E-state index in [1.165, 1.54) is 6.07 Å². The zero-order valence-electron chi connectivity index (χ0n) is 7.49. The van der Waals surface area contributed by atoms with Crippen LogP contribution in [0, 0.1) is 3.70 Å². The van der Waals surface area contributed by atoms with Crippen LogP contribution in [0.5, 0.6) is 0 Å². The Bertz CT molecular complexity index is 338. The summed E-state index contributed by atoms with van der Waals surface area (Å²) in [6.45, 7) is 0. The normalized spacial score (nSPS) is 12.9. The van der Waals surface area contributed by atoms with E-state index in [1.807, 2.05) is 9.86 Å². The predicted octanol–water partition coefficient (Wildman–Crippen LogP) is 3.69. The average molecular weight is 338 g/mol. The molecular formula is C8H8ClF3IN. The zero-order valence-corrected chi connectivity index (χ0v) is 10.4. The fourth-order valence-electron chi connectivity index (χ4n) is 0.805. The van der Waals surface area contributed by atoms with Gasteiger partial charge in [-0.2, -0.15) is 0 Å². The molecule has 0 bridgehead atoms. The Balaban J connectivity index is 3.21. The van der Waals surface area contributed by atoms with E-state index >= 15 is 0 Å². The summed E-state index contributed by atoms with van der Waals surface area (Å²) in [6.07, 6.45) is -4.41. The summed E-state index contributed by atoms with van der Waals surface area (Å²) in [7, 11) is 0. The van der Waals surface area contributed by atoms with Crippen molar-refractivity contribution in [2.45, 2.75) is 6.18 Å². The van der Waals surface area contributed by atoms with Crippen molar-refractivity contribution in [3.8, 4) is 0 Å². The number of hydrogen-bond acceptors (Lipinski definition) is 1. The van der Waals surface area contributed by atoms with Crippen molar-refractivity contribution < 1.29 is 13.2 Å². The Morgan fingerprint density at radius 2 is 1.86 bits per heavy atom. The molecule has 1 aromatic rings. The van der Waals surface area contributed by atoms with Gasteiger partial charge in [0.2, 0.25) is 0 Å². The molecule has 0 aliphatic rings. The van der Waals surface area contributed by atoms with Crippen molar-refractivity contribution in [1.29, 1.82) is 0 Å². The maximum atomic E-state index is 12.3. The maximum absolute atomic E-state index is 12.3. The third-order valence-corrected chi connectivity index (χ3v) is 4.42. The van der Waals surface area contributed by atoms with E-state index in [0.29, 0.717) is 3.70 Å². The van der Waals surface area contributed by atoms with Gasteiger partial charge in [0.05, 0.1) is 0 Å². The standard InChI is InChI=1S/C8H8ClF3IN/c1-13(2)7-4-5(9)3-6(14-7)8(10,11)12/h3-4H,1-2H3. The second-order valence-corrected chi connectivity index (χ2v) is 8.60. The fraction of sp³-hybridized carbons (Fsp3) is 0.375. The molecule has 14 heavy (non-hydrogen) atoms. The second kappa shape index (κ2) is 4.22. The van der Waals surface area contributed by atoms with Crippen molar-refractivity contribution >= 4 is 31.4 Å². The van der Waals surface area contributed by atoms with Gasteiger partial charge < -0.3 is 0 Å². The molecular weight excluding hydrogens is 329 g/mol. The minimum atomic E-state index is -4.41. The Hall–Kier alpha value is -0.0400. The van der Waals surface area contributed by atoms with Gasteiger partial charge in [-0.25, -0.2) is 0 Å². The van der Waals surface area contributed by atoms with Gasteiger partial charge in [0.15, 0.2) is 0 Å². The summed E-state index contributed by atoms with van der Waals surface area (Å²) < 4.78 is 37.4. The SMILES string of the molecule is CI(C)c1cc(Cl)cc(C(F)(F)F)n1. The topological polar surface area (TPSA) is 12.9 Å². The number of nitrogens with zero attached hydrogens (tertiary/aromatic N) is 1. The molecule has 0 saturated carbocycles. The molecule has 1 rings (SSSR count). The van der Waals surface area contributed by atoms with E-state index < -0.39 is 31.7 Å². The molecule has 1 heterocycles. The molecule has 0 aliphatic heterocycles. The van der Waals surface area contributed by atoms with Crippen LogP contribution in [0.25, 0.3) is 0 Å². The van der Waals surface area contributed by atoms with Crippen molar-refractivity contribution in [1.82, 2.24) is 4.98 Å². The Labute approximate surface area is 92.1 Å². The van der Waals surface area contributed by atoms with Crippen LogP contribution in [-0.2, 0) is 6.18 Å². The first kappa shape index (κ1) is 12.0. The van der Waals surface area contributed by atoms with Crippen LogP contribution < -0.4 is 0 Å². The quantitative estimate of drug-likeness (QED) is 0.433. The summed E-state index contributed by atoms with van der Waals surface area (Å²) in [5, 5.41) is 0.105. The van der Waals surface area contributed by atoms with Crippen LogP contribution in [0.4, 0.5) is 13.2 Å². The first-order valence-corrected chi connectivity index (χ1v) is 9.32. The molecule has 0 amide bonds. The summed E-state index contributed by atoms with van der Waals surface area (Å²) >= 11 is 4.07. The number of aromatic nitrogens is 1. The number of alkyl halides is 5. The average Bonchev–Trinajstić information content (AvgIpc) is 2.01. The molecule has 0 radical (unpaired) electrons. The van der Waals surface area contributed by atoms with Gasteiger partial charge in [0.1, 0.15) is 0 Å². The van der Waals surface area contributed by atoms with Crippen molar-refractivity contribution in [3.63, 3.8) is 0 Å². The van der Waals surface area contributed by atoms with Crippen molar-refractivity contribution in [3.05, 3.63) is 26.5 Å². The molecule has 0 saturated heterocycles. The van der Waals surface area contributed by atoms with E-state index in [0.717, 1.165) is 6.07 Å². The van der Waals surface area contributed by atoms with Gasteiger partial charge in [-0.15, -0.1) is 0 Å². The van der Waals surface area contributed by atoms with E-state index in [9.17, 15) is 13.2 Å². The van der Waals surface area contributed by atoms with Crippen LogP contribution in [0.15, 0.2) is 12.1 Å². The van der Waals surface area contributed by atoms with Crippen LogP contribution >= 0.6 is 31.4 Å². The van der Waals surface area contributed by atoms with Gasteiger partial charge in [-0.3, -0.25) is 0 Å². The second-order valence-electron chi connectivity index (χ2n) is 2.75. The van der Waals surface area contributed by atoms with Gasteiger partial charge in [-0.05, 0) is 0 Å². The van der Waals surface area contributed by atoms with Gasteiger partial charge in [0, 0.05) is 0 Å². The molecule has 80 valence electrons. The number of pyridine rings is 1. The number of halogens is 5. The molecule has 0 N–H and O–H groups in total. The Morgan fingerprint density at radius 3 is 2.29 bits per heavy atom. The van der Waals surface area contributed by atoms with E-state index in [-0.39, 0.29) is 5.02 Å². The van der Waals surface area contributed by atoms with E-state index in [4.69, 9.17) is 11.6 Å². The molecule has 0 atom stereocenters. The number of hydrogen-bond donors (Lipinski definition) is 0. The van der Waals surface area contributed by atoms with Gasteiger partial charge >= 0.3 is 92.2 Å². The summed E-state index contributed by atoms with van der Waals surface area (Å²) in [5.41, 5.74) is -0.897. The monoisotopic (exact) mass is 337 g/mol. The zero-order chi connectivity index (χ0) is 10.9. The molecule has 0 aliphatic carbocycles. The van der Waals surface area contributed by atoms with E-state index in [1.54, 1.807) is 0 Å².